The number of aryl methyl sites for hydroxylation is 1. The van der Waals surface area contributed by atoms with Crippen molar-refractivity contribution in [2.75, 3.05) is 5.32 Å². The average molecular weight is 245 g/mol. The second kappa shape index (κ2) is 5.49. The van der Waals surface area contributed by atoms with Gasteiger partial charge < -0.3 is 9.88 Å². The number of allylic oxidation sites excluding steroid dienone is 1. The molecule has 0 atom stereocenters. The molecule has 0 fully saturated rings. The molecular formula is C14H16FN3. The molecule has 0 amide bonds. The average Bonchev–Trinajstić information content (AvgIpc) is 2.69. The highest BCUT2D eigenvalue weighted by Crippen LogP contribution is 2.12. The minimum atomic E-state index is -0.205. The zero-order valence-corrected chi connectivity index (χ0v) is 10.4. The van der Waals surface area contributed by atoms with Crippen molar-refractivity contribution in [3.05, 3.63) is 60.2 Å². The maximum atomic E-state index is 13.5. The zero-order valence-electron chi connectivity index (χ0n) is 10.4. The number of nitrogens with zero attached hydrogens (tertiary/aromatic N) is 2. The van der Waals surface area contributed by atoms with E-state index in [4.69, 9.17) is 0 Å². The summed E-state index contributed by atoms with van der Waals surface area (Å²) in [6.45, 7) is 6.72. The molecule has 1 heterocycles. The van der Waals surface area contributed by atoms with E-state index in [0.29, 0.717) is 18.7 Å². The first-order valence-corrected chi connectivity index (χ1v) is 5.82. The van der Waals surface area contributed by atoms with Gasteiger partial charge in [-0.25, -0.2) is 9.37 Å². The van der Waals surface area contributed by atoms with Crippen molar-refractivity contribution in [2.45, 2.75) is 20.0 Å². The van der Waals surface area contributed by atoms with Crippen LogP contribution in [0.15, 0.2) is 43.1 Å². The number of imidazole rings is 1. The van der Waals surface area contributed by atoms with Crippen LogP contribution in [0.1, 0.15) is 11.3 Å². The fourth-order valence-electron chi connectivity index (χ4n) is 1.78. The van der Waals surface area contributed by atoms with Crippen molar-refractivity contribution in [1.29, 1.82) is 0 Å². The van der Waals surface area contributed by atoms with Crippen LogP contribution in [-0.4, -0.2) is 9.55 Å². The highest BCUT2D eigenvalue weighted by molar-refractivity contribution is 5.31. The van der Waals surface area contributed by atoms with Gasteiger partial charge in [0.25, 0.3) is 0 Å². The first-order valence-electron chi connectivity index (χ1n) is 5.82. The Morgan fingerprint density at radius 2 is 2.22 bits per heavy atom. The summed E-state index contributed by atoms with van der Waals surface area (Å²) in [7, 11) is 0. The third-order valence-corrected chi connectivity index (χ3v) is 2.62. The Hall–Kier alpha value is -2.10. The second-order valence-corrected chi connectivity index (χ2v) is 4.09. The Morgan fingerprint density at radius 3 is 2.94 bits per heavy atom. The molecule has 1 aromatic heterocycles. The number of nitrogens with one attached hydrogen (secondary N) is 1. The number of hydrogen-bond donors (Lipinski definition) is 1. The van der Waals surface area contributed by atoms with Gasteiger partial charge in [0, 0.05) is 24.8 Å². The summed E-state index contributed by atoms with van der Waals surface area (Å²) in [5.41, 5.74) is 1.55. The molecule has 18 heavy (non-hydrogen) atoms. The third kappa shape index (κ3) is 2.77. The van der Waals surface area contributed by atoms with Crippen LogP contribution in [0.3, 0.4) is 0 Å². The second-order valence-electron chi connectivity index (χ2n) is 4.09. The van der Waals surface area contributed by atoms with Crippen LogP contribution < -0.4 is 5.32 Å². The molecule has 1 aromatic carbocycles. The van der Waals surface area contributed by atoms with Crippen molar-refractivity contribution in [2.24, 2.45) is 0 Å². The van der Waals surface area contributed by atoms with Gasteiger partial charge in [-0.05, 0) is 13.0 Å². The van der Waals surface area contributed by atoms with E-state index in [1.54, 1.807) is 18.2 Å². The molecule has 0 aliphatic heterocycles. The van der Waals surface area contributed by atoms with Crippen molar-refractivity contribution >= 4 is 5.95 Å². The largest absolute Gasteiger partial charge is 0.351 e. The van der Waals surface area contributed by atoms with Crippen molar-refractivity contribution in [1.82, 2.24) is 9.55 Å². The first kappa shape index (κ1) is 12.4. The lowest BCUT2D eigenvalue weighted by Gasteiger charge is -2.08. The Bertz CT molecular complexity index is 546. The summed E-state index contributed by atoms with van der Waals surface area (Å²) in [4.78, 5) is 4.36. The zero-order chi connectivity index (χ0) is 13.0. The highest BCUT2D eigenvalue weighted by atomic mass is 19.1. The molecule has 0 unspecified atom stereocenters. The smallest absolute Gasteiger partial charge is 0.203 e. The van der Waals surface area contributed by atoms with Crippen LogP contribution in [0.25, 0.3) is 0 Å². The summed E-state index contributed by atoms with van der Waals surface area (Å²) < 4.78 is 15.4. The molecule has 0 radical (unpaired) electrons. The topological polar surface area (TPSA) is 29.9 Å². The predicted molar refractivity (Wildman–Crippen MR) is 70.9 cm³/mol. The SMILES string of the molecule is C=CCn1cc(C)nc1NCc1ccccc1F. The minimum absolute atomic E-state index is 0.205. The Balaban J connectivity index is 2.10. The van der Waals surface area contributed by atoms with E-state index in [2.05, 4.69) is 16.9 Å². The molecule has 0 saturated carbocycles. The van der Waals surface area contributed by atoms with Gasteiger partial charge in [-0.3, -0.25) is 0 Å². The number of rotatable bonds is 5. The van der Waals surface area contributed by atoms with E-state index in [1.807, 2.05) is 23.8 Å². The lowest BCUT2D eigenvalue weighted by atomic mass is 10.2. The van der Waals surface area contributed by atoms with E-state index in [9.17, 15) is 4.39 Å². The van der Waals surface area contributed by atoms with Gasteiger partial charge >= 0.3 is 0 Å². The van der Waals surface area contributed by atoms with E-state index in [0.717, 1.165) is 11.6 Å². The van der Waals surface area contributed by atoms with Crippen LogP contribution in [-0.2, 0) is 13.1 Å². The minimum Gasteiger partial charge on any atom is -0.351 e. The molecule has 2 rings (SSSR count). The predicted octanol–water partition coefficient (Wildman–Crippen LogP) is 3.13. The fraction of sp³-hybridized carbons (Fsp3) is 0.214. The van der Waals surface area contributed by atoms with Gasteiger partial charge in [-0.1, -0.05) is 24.3 Å². The van der Waals surface area contributed by atoms with Crippen molar-refractivity contribution < 1.29 is 4.39 Å². The molecular weight excluding hydrogens is 229 g/mol. The molecule has 3 nitrogen and oxygen atoms in total. The summed E-state index contributed by atoms with van der Waals surface area (Å²) in [5, 5.41) is 3.14. The van der Waals surface area contributed by atoms with E-state index in [-0.39, 0.29) is 5.82 Å². The summed E-state index contributed by atoms with van der Waals surface area (Å²) in [5.74, 6) is 0.527. The van der Waals surface area contributed by atoms with Crippen LogP contribution in [0.2, 0.25) is 0 Å². The van der Waals surface area contributed by atoms with Gasteiger partial charge in [0.1, 0.15) is 5.82 Å². The molecule has 0 spiro atoms. The van der Waals surface area contributed by atoms with E-state index in [1.165, 1.54) is 6.07 Å². The number of halogens is 1. The quantitative estimate of drug-likeness (QED) is 0.820. The van der Waals surface area contributed by atoms with Gasteiger partial charge in [0.05, 0.1) is 5.69 Å². The Morgan fingerprint density at radius 1 is 1.44 bits per heavy atom. The lowest BCUT2D eigenvalue weighted by Crippen LogP contribution is -2.07. The molecule has 0 aliphatic carbocycles. The number of aromatic nitrogens is 2. The maximum Gasteiger partial charge on any atom is 0.203 e. The van der Waals surface area contributed by atoms with Crippen molar-refractivity contribution in [3.8, 4) is 0 Å². The Kier molecular flexibility index (Phi) is 3.77. The van der Waals surface area contributed by atoms with Gasteiger partial charge in [-0.2, -0.15) is 0 Å². The van der Waals surface area contributed by atoms with Crippen molar-refractivity contribution in [3.63, 3.8) is 0 Å². The van der Waals surface area contributed by atoms with Crippen LogP contribution in [0, 0.1) is 12.7 Å². The summed E-state index contributed by atoms with van der Waals surface area (Å²) in [6.07, 6.45) is 3.74. The Labute approximate surface area is 106 Å². The molecule has 0 bridgehead atoms. The fourth-order valence-corrected chi connectivity index (χ4v) is 1.78. The van der Waals surface area contributed by atoms with E-state index < -0.39 is 0 Å². The standard InChI is InChI=1S/C14H16FN3/c1-3-8-18-10-11(2)17-14(18)16-9-12-6-4-5-7-13(12)15/h3-7,10H,1,8-9H2,2H3,(H,16,17). The monoisotopic (exact) mass is 245 g/mol. The van der Waals surface area contributed by atoms with Gasteiger partial charge in [-0.15, -0.1) is 6.58 Å². The van der Waals surface area contributed by atoms with Crippen LogP contribution in [0.5, 0.6) is 0 Å². The molecule has 2 aromatic rings. The number of benzene rings is 1. The summed E-state index contributed by atoms with van der Waals surface area (Å²) >= 11 is 0. The van der Waals surface area contributed by atoms with E-state index >= 15 is 0 Å². The normalized spacial score (nSPS) is 10.3. The lowest BCUT2D eigenvalue weighted by molar-refractivity contribution is 0.612. The molecule has 0 saturated heterocycles. The van der Waals surface area contributed by atoms with Gasteiger partial charge in [0.15, 0.2) is 0 Å². The molecule has 94 valence electrons. The molecule has 4 heteroatoms. The first-order chi connectivity index (χ1) is 8.70. The number of anilines is 1. The molecule has 1 N–H and O–H groups in total. The van der Waals surface area contributed by atoms with Crippen LogP contribution in [0.4, 0.5) is 10.3 Å². The van der Waals surface area contributed by atoms with Gasteiger partial charge in [0.2, 0.25) is 5.95 Å². The number of hydrogen-bond acceptors (Lipinski definition) is 2. The molecule has 0 aliphatic rings. The summed E-state index contributed by atoms with van der Waals surface area (Å²) in [6, 6.07) is 6.72. The maximum absolute atomic E-state index is 13.5. The third-order valence-electron chi connectivity index (χ3n) is 2.62. The highest BCUT2D eigenvalue weighted by Gasteiger charge is 2.05. The van der Waals surface area contributed by atoms with Crippen LogP contribution >= 0.6 is 0 Å².